The van der Waals surface area contributed by atoms with E-state index in [-0.39, 0.29) is 5.41 Å². The lowest BCUT2D eigenvalue weighted by Gasteiger charge is -2.31. The van der Waals surface area contributed by atoms with Gasteiger partial charge >= 0.3 is 0 Å². The Balaban J connectivity index is 1.45. The zero-order chi connectivity index (χ0) is 28.3. The molecule has 42 heavy (non-hydrogen) atoms. The molecule has 200 valence electrons. The number of benzene rings is 7. The van der Waals surface area contributed by atoms with Crippen molar-refractivity contribution in [1.82, 2.24) is 0 Å². The van der Waals surface area contributed by atoms with Crippen LogP contribution in [0, 0.1) is 0 Å². The molecule has 0 fully saturated rings. The molecular weight excluding hydrogens is 506 g/mol. The first kappa shape index (κ1) is 24.6. The third-order valence-electron chi connectivity index (χ3n) is 9.04. The molecule has 0 aromatic heterocycles. The van der Waals surface area contributed by atoms with E-state index < -0.39 is 0 Å². The Kier molecular flexibility index (Phi) is 5.55. The minimum absolute atomic E-state index is 0.0853. The number of rotatable bonds is 4. The van der Waals surface area contributed by atoms with Crippen LogP contribution in [0.4, 0.5) is 17.1 Å². The number of fused-ring (bicyclic) bond motifs is 6. The van der Waals surface area contributed by atoms with Crippen molar-refractivity contribution in [2.45, 2.75) is 19.3 Å². The highest BCUT2D eigenvalue weighted by Crippen LogP contribution is 2.52. The van der Waals surface area contributed by atoms with Crippen LogP contribution in [0.2, 0.25) is 0 Å². The van der Waals surface area contributed by atoms with Crippen LogP contribution in [0.1, 0.15) is 25.0 Å². The molecule has 0 spiro atoms. The van der Waals surface area contributed by atoms with Crippen LogP contribution in [0.3, 0.4) is 0 Å². The van der Waals surface area contributed by atoms with Crippen LogP contribution in [-0.4, -0.2) is 0 Å². The van der Waals surface area contributed by atoms with Gasteiger partial charge in [-0.15, -0.1) is 0 Å². The summed E-state index contributed by atoms with van der Waals surface area (Å²) >= 11 is 0. The zero-order valence-corrected chi connectivity index (χ0v) is 23.9. The lowest BCUT2D eigenvalue weighted by molar-refractivity contribution is 0.660. The molecule has 0 N–H and O–H groups in total. The first-order valence-electron chi connectivity index (χ1n) is 14.7. The van der Waals surface area contributed by atoms with Crippen molar-refractivity contribution < 1.29 is 0 Å². The monoisotopic (exact) mass is 537 g/mol. The van der Waals surface area contributed by atoms with Gasteiger partial charge in [0.25, 0.3) is 0 Å². The molecule has 7 aromatic rings. The van der Waals surface area contributed by atoms with Crippen LogP contribution < -0.4 is 4.90 Å². The second-order valence-electron chi connectivity index (χ2n) is 11.8. The van der Waals surface area contributed by atoms with Crippen molar-refractivity contribution in [1.29, 1.82) is 0 Å². The van der Waals surface area contributed by atoms with E-state index in [2.05, 4.69) is 170 Å². The van der Waals surface area contributed by atoms with Crippen LogP contribution in [0.15, 0.2) is 152 Å². The highest BCUT2D eigenvalue weighted by Gasteiger charge is 2.36. The topological polar surface area (TPSA) is 3.24 Å². The van der Waals surface area contributed by atoms with E-state index in [0.717, 1.165) is 5.69 Å². The van der Waals surface area contributed by atoms with Crippen molar-refractivity contribution in [2.24, 2.45) is 0 Å². The van der Waals surface area contributed by atoms with Gasteiger partial charge in [0.1, 0.15) is 0 Å². The van der Waals surface area contributed by atoms with Gasteiger partial charge in [-0.2, -0.15) is 0 Å². The van der Waals surface area contributed by atoms with Crippen molar-refractivity contribution in [3.05, 3.63) is 163 Å². The van der Waals surface area contributed by atoms with Crippen LogP contribution in [-0.2, 0) is 5.41 Å². The van der Waals surface area contributed by atoms with Crippen molar-refractivity contribution in [3.8, 4) is 22.3 Å². The largest absolute Gasteiger partial charge is 0.309 e. The van der Waals surface area contributed by atoms with Gasteiger partial charge in [0.05, 0.1) is 11.4 Å². The second-order valence-corrected chi connectivity index (χ2v) is 11.8. The zero-order valence-electron chi connectivity index (χ0n) is 23.9. The van der Waals surface area contributed by atoms with Gasteiger partial charge in [0.15, 0.2) is 0 Å². The van der Waals surface area contributed by atoms with E-state index in [0.29, 0.717) is 0 Å². The van der Waals surface area contributed by atoms with Crippen LogP contribution >= 0.6 is 0 Å². The smallest absolute Gasteiger partial charge is 0.0546 e. The first-order chi connectivity index (χ1) is 20.6. The van der Waals surface area contributed by atoms with Gasteiger partial charge in [-0.3, -0.25) is 0 Å². The van der Waals surface area contributed by atoms with Crippen molar-refractivity contribution in [3.63, 3.8) is 0 Å². The van der Waals surface area contributed by atoms with Crippen LogP contribution in [0.5, 0.6) is 0 Å². The summed E-state index contributed by atoms with van der Waals surface area (Å²) in [5.41, 5.74) is 11.3. The molecule has 1 aliphatic carbocycles. The average Bonchev–Trinajstić information content (AvgIpc) is 3.28. The van der Waals surface area contributed by atoms with Gasteiger partial charge in [0.2, 0.25) is 0 Å². The minimum atomic E-state index is -0.0853. The lowest BCUT2D eigenvalue weighted by atomic mass is 9.82. The van der Waals surface area contributed by atoms with Gasteiger partial charge in [0, 0.05) is 22.1 Å². The van der Waals surface area contributed by atoms with Gasteiger partial charge in [-0.05, 0) is 68.2 Å². The Morgan fingerprint density at radius 1 is 0.452 bits per heavy atom. The molecule has 7 aromatic carbocycles. The summed E-state index contributed by atoms with van der Waals surface area (Å²) in [4.78, 5) is 2.48. The molecule has 8 rings (SSSR count). The summed E-state index contributed by atoms with van der Waals surface area (Å²) in [6, 6.07) is 55.4. The SMILES string of the molecule is CC1(C)c2ccccc2-c2ccc(N(c3ccccc3-c3ccccc3)c3cccc4ccc5ccccc5c34)cc21. The summed E-state index contributed by atoms with van der Waals surface area (Å²) < 4.78 is 0. The summed E-state index contributed by atoms with van der Waals surface area (Å²) in [6.45, 7) is 4.71. The normalized spacial score (nSPS) is 13.2. The Hall–Kier alpha value is -5.14. The Morgan fingerprint density at radius 3 is 1.98 bits per heavy atom. The number of hydrogen-bond donors (Lipinski definition) is 0. The second kappa shape index (κ2) is 9.46. The fraction of sp³-hybridized carbons (Fsp3) is 0.0732. The molecule has 1 nitrogen and oxygen atoms in total. The Bertz CT molecular complexity index is 2120. The Labute approximate surface area is 247 Å². The average molecular weight is 538 g/mol. The van der Waals surface area contributed by atoms with Gasteiger partial charge < -0.3 is 4.90 Å². The molecule has 0 heterocycles. The number of nitrogens with zero attached hydrogens (tertiary/aromatic N) is 1. The molecule has 1 heteroatoms. The number of para-hydroxylation sites is 1. The molecule has 0 saturated carbocycles. The molecule has 0 saturated heterocycles. The van der Waals surface area contributed by atoms with E-state index in [1.807, 2.05) is 0 Å². The Morgan fingerprint density at radius 2 is 1.10 bits per heavy atom. The molecule has 0 unspecified atom stereocenters. The summed E-state index contributed by atoms with van der Waals surface area (Å²) in [6.07, 6.45) is 0. The third-order valence-corrected chi connectivity index (χ3v) is 9.04. The van der Waals surface area contributed by atoms with E-state index in [9.17, 15) is 0 Å². The highest BCUT2D eigenvalue weighted by atomic mass is 15.1. The highest BCUT2D eigenvalue weighted by molar-refractivity contribution is 6.15. The first-order valence-corrected chi connectivity index (χ1v) is 14.7. The minimum Gasteiger partial charge on any atom is -0.309 e. The molecule has 0 amide bonds. The maximum Gasteiger partial charge on any atom is 0.0546 e. The molecule has 0 bridgehead atoms. The predicted octanol–water partition coefficient (Wildman–Crippen LogP) is 11.4. The van der Waals surface area contributed by atoms with Gasteiger partial charge in [-0.25, -0.2) is 0 Å². The molecule has 0 aliphatic heterocycles. The fourth-order valence-electron chi connectivity index (χ4n) is 7.00. The quantitative estimate of drug-likeness (QED) is 0.202. The fourth-order valence-corrected chi connectivity index (χ4v) is 7.00. The molecule has 0 atom stereocenters. The van der Waals surface area contributed by atoms with E-state index in [1.54, 1.807) is 0 Å². The standard InChI is InChI=1S/C41H31N/c1-41(2)36-20-10-8-19-34(36)35-26-25-31(27-37(35)41)42(38-21-11-9-17-32(38)28-13-4-3-5-14-28)39-22-12-16-30-24-23-29-15-6-7-18-33(29)40(30)39/h3-27H,1-2H3. The summed E-state index contributed by atoms with van der Waals surface area (Å²) in [7, 11) is 0. The van der Waals surface area contributed by atoms with Crippen LogP contribution in [0.25, 0.3) is 43.8 Å². The summed E-state index contributed by atoms with van der Waals surface area (Å²) in [5.74, 6) is 0. The maximum atomic E-state index is 2.48. The molecule has 0 radical (unpaired) electrons. The third kappa shape index (κ3) is 3.71. The van der Waals surface area contributed by atoms with E-state index in [1.165, 1.54) is 66.3 Å². The van der Waals surface area contributed by atoms with Gasteiger partial charge in [-0.1, -0.05) is 141 Å². The number of hydrogen-bond acceptors (Lipinski definition) is 1. The van der Waals surface area contributed by atoms with Crippen molar-refractivity contribution in [2.75, 3.05) is 4.90 Å². The maximum absolute atomic E-state index is 2.48. The van der Waals surface area contributed by atoms with E-state index in [4.69, 9.17) is 0 Å². The lowest BCUT2D eigenvalue weighted by Crippen LogP contribution is -2.17. The summed E-state index contributed by atoms with van der Waals surface area (Å²) in [5, 5.41) is 5.02. The number of anilines is 3. The van der Waals surface area contributed by atoms with E-state index >= 15 is 0 Å². The molecular formula is C41H31N. The molecule has 1 aliphatic rings. The predicted molar refractivity (Wildman–Crippen MR) is 179 cm³/mol. The van der Waals surface area contributed by atoms with Crippen molar-refractivity contribution >= 4 is 38.6 Å².